The third-order valence-electron chi connectivity index (χ3n) is 4.32. The second kappa shape index (κ2) is 7.05. The van der Waals surface area contributed by atoms with E-state index >= 15 is 0 Å². The van der Waals surface area contributed by atoms with Crippen molar-refractivity contribution in [3.8, 4) is 11.5 Å². The fourth-order valence-corrected chi connectivity index (χ4v) is 4.12. The third-order valence-corrected chi connectivity index (χ3v) is 5.69. The molecule has 2 aromatic rings. The van der Waals surface area contributed by atoms with Crippen LogP contribution in [0, 0.1) is 0 Å². The Bertz CT molecular complexity index is 894. The first kappa shape index (κ1) is 17.0. The Morgan fingerprint density at radius 3 is 2.42 bits per heavy atom. The van der Waals surface area contributed by atoms with Gasteiger partial charge in [0.15, 0.2) is 11.5 Å². The van der Waals surface area contributed by atoms with E-state index in [-0.39, 0.29) is 4.90 Å². The number of hydrogen-bond acceptors (Lipinski definition) is 6. The summed E-state index contributed by atoms with van der Waals surface area (Å²) < 4.78 is 44.8. The van der Waals surface area contributed by atoms with Crippen LogP contribution in [0.3, 0.4) is 0 Å². The van der Waals surface area contributed by atoms with Crippen LogP contribution in [0.2, 0.25) is 0 Å². The van der Waals surface area contributed by atoms with Crippen LogP contribution in [0.15, 0.2) is 47.4 Å². The van der Waals surface area contributed by atoms with Gasteiger partial charge in [-0.25, -0.2) is 8.42 Å². The molecule has 0 atom stereocenters. The first-order valence-corrected chi connectivity index (χ1v) is 9.96. The van der Waals surface area contributed by atoms with Gasteiger partial charge >= 0.3 is 0 Å². The molecule has 0 saturated carbocycles. The van der Waals surface area contributed by atoms with Crippen LogP contribution in [0.4, 0.5) is 11.4 Å². The normalized spacial score (nSPS) is 17.0. The van der Waals surface area contributed by atoms with Gasteiger partial charge in [0.05, 0.1) is 29.5 Å². The van der Waals surface area contributed by atoms with E-state index in [2.05, 4.69) is 9.62 Å². The SMILES string of the molecule is O=S(=O)(Nc1ccccc1N1CCOCC1)c1ccc2c(c1)OCCO2. The number of sulfonamides is 1. The van der Waals surface area contributed by atoms with Crippen LogP contribution < -0.4 is 19.1 Å². The van der Waals surface area contributed by atoms with Gasteiger partial charge in [-0.2, -0.15) is 0 Å². The molecule has 1 saturated heterocycles. The number of ether oxygens (including phenoxy) is 3. The maximum Gasteiger partial charge on any atom is 0.262 e. The predicted molar refractivity (Wildman–Crippen MR) is 97.7 cm³/mol. The van der Waals surface area contributed by atoms with E-state index in [9.17, 15) is 8.42 Å². The largest absolute Gasteiger partial charge is 0.486 e. The van der Waals surface area contributed by atoms with Crippen molar-refractivity contribution in [2.45, 2.75) is 4.90 Å². The Hall–Kier alpha value is -2.45. The van der Waals surface area contributed by atoms with Crippen molar-refractivity contribution in [2.75, 3.05) is 49.1 Å². The lowest BCUT2D eigenvalue weighted by Crippen LogP contribution is -2.36. The predicted octanol–water partition coefficient (Wildman–Crippen LogP) is 2.10. The van der Waals surface area contributed by atoms with Gasteiger partial charge in [0.2, 0.25) is 0 Å². The van der Waals surface area contributed by atoms with Crippen molar-refractivity contribution in [1.82, 2.24) is 0 Å². The maximum absolute atomic E-state index is 12.9. The maximum atomic E-state index is 12.9. The summed E-state index contributed by atoms with van der Waals surface area (Å²) in [6, 6.07) is 12.0. The highest BCUT2D eigenvalue weighted by atomic mass is 32.2. The summed E-state index contributed by atoms with van der Waals surface area (Å²) in [5.74, 6) is 1.00. The Kier molecular flexibility index (Phi) is 4.60. The van der Waals surface area contributed by atoms with Crippen LogP contribution >= 0.6 is 0 Å². The zero-order chi connectivity index (χ0) is 18.0. The molecule has 26 heavy (non-hydrogen) atoms. The molecule has 0 unspecified atom stereocenters. The molecule has 1 N–H and O–H groups in total. The minimum absolute atomic E-state index is 0.138. The summed E-state index contributed by atoms with van der Waals surface area (Å²) >= 11 is 0. The fraction of sp³-hybridized carbons (Fsp3) is 0.333. The van der Waals surface area contributed by atoms with Crippen molar-refractivity contribution >= 4 is 21.4 Å². The molecule has 138 valence electrons. The van der Waals surface area contributed by atoms with E-state index in [1.807, 2.05) is 18.2 Å². The molecule has 2 aromatic carbocycles. The van der Waals surface area contributed by atoms with Crippen molar-refractivity contribution < 1.29 is 22.6 Å². The molecule has 0 aromatic heterocycles. The molecule has 0 bridgehead atoms. The van der Waals surface area contributed by atoms with Crippen LogP contribution in [-0.4, -0.2) is 47.9 Å². The van der Waals surface area contributed by atoms with E-state index in [4.69, 9.17) is 14.2 Å². The van der Waals surface area contributed by atoms with Gasteiger partial charge < -0.3 is 19.1 Å². The van der Waals surface area contributed by atoms with Crippen molar-refractivity contribution in [3.05, 3.63) is 42.5 Å². The molecule has 2 heterocycles. The summed E-state index contributed by atoms with van der Waals surface area (Å²) in [4.78, 5) is 2.25. The number of fused-ring (bicyclic) bond motifs is 1. The molecule has 7 nitrogen and oxygen atoms in total. The molecule has 0 aliphatic carbocycles. The Morgan fingerprint density at radius 2 is 1.62 bits per heavy atom. The van der Waals surface area contributed by atoms with Gasteiger partial charge in [0.1, 0.15) is 13.2 Å². The highest BCUT2D eigenvalue weighted by Gasteiger charge is 2.22. The number of para-hydroxylation sites is 2. The smallest absolute Gasteiger partial charge is 0.262 e. The quantitative estimate of drug-likeness (QED) is 0.881. The van der Waals surface area contributed by atoms with E-state index in [1.165, 1.54) is 12.1 Å². The summed E-state index contributed by atoms with van der Waals surface area (Å²) in [5, 5.41) is 0. The number of nitrogens with zero attached hydrogens (tertiary/aromatic N) is 1. The van der Waals surface area contributed by atoms with Crippen LogP contribution in [0.25, 0.3) is 0 Å². The average molecular weight is 376 g/mol. The first-order chi connectivity index (χ1) is 12.6. The standard InChI is InChI=1S/C18H20N2O5S/c21-26(22,14-5-6-17-18(13-14)25-12-11-24-17)19-15-3-1-2-4-16(15)20-7-9-23-10-8-20/h1-6,13,19H,7-12H2. The van der Waals surface area contributed by atoms with Crippen LogP contribution in [0.1, 0.15) is 0 Å². The molecule has 0 amide bonds. The zero-order valence-corrected chi connectivity index (χ0v) is 15.0. The van der Waals surface area contributed by atoms with Crippen molar-refractivity contribution in [3.63, 3.8) is 0 Å². The lowest BCUT2D eigenvalue weighted by atomic mass is 10.2. The number of morpholine rings is 1. The van der Waals surface area contributed by atoms with Crippen LogP contribution in [-0.2, 0) is 14.8 Å². The number of rotatable bonds is 4. The van der Waals surface area contributed by atoms with Gasteiger partial charge in [-0.15, -0.1) is 0 Å². The first-order valence-electron chi connectivity index (χ1n) is 8.48. The second-order valence-corrected chi connectivity index (χ2v) is 7.71. The number of nitrogens with one attached hydrogen (secondary N) is 1. The van der Waals surface area contributed by atoms with E-state index in [0.29, 0.717) is 43.6 Å². The lowest BCUT2D eigenvalue weighted by Gasteiger charge is -2.30. The van der Waals surface area contributed by atoms with Gasteiger partial charge in [-0.3, -0.25) is 4.72 Å². The molecule has 0 spiro atoms. The average Bonchev–Trinajstić information content (AvgIpc) is 2.68. The van der Waals surface area contributed by atoms with Gasteiger partial charge in [-0.05, 0) is 24.3 Å². The van der Waals surface area contributed by atoms with Gasteiger partial charge in [0.25, 0.3) is 10.0 Å². The van der Waals surface area contributed by atoms with E-state index in [0.717, 1.165) is 18.8 Å². The molecule has 2 aliphatic rings. The molecular formula is C18H20N2O5S. The lowest BCUT2D eigenvalue weighted by molar-refractivity contribution is 0.123. The molecule has 2 aliphatic heterocycles. The molecule has 4 rings (SSSR count). The molecular weight excluding hydrogens is 356 g/mol. The second-order valence-electron chi connectivity index (χ2n) is 6.03. The monoisotopic (exact) mass is 376 g/mol. The van der Waals surface area contributed by atoms with Crippen LogP contribution in [0.5, 0.6) is 11.5 Å². The topological polar surface area (TPSA) is 77.1 Å². The minimum Gasteiger partial charge on any atom is -0.486 e. The summed E-state index contributed by atoms with van der Waals surface area (Å²) in [6.45, 7) is 3.58. The highest BCUT2D eigenvalue weighted by Crippen LogP contribution is 2.34. The third kappa shape index (κ3) is 3.42. The number of anilines is 2. The van der Waals surface area contributed by atoms with Gasteiger partial charge in [-0.1, -0.05) is 12.1 Å². The molecule has 0 radical (unpaired) electrons. The van der Waals surface area contributed by atoms with Crippen molar-refractivity contribution in [1.29, 1.82) is 0 Å². The van der Waals surface area contributed by atoms with E-state index < -0.39 is 10.0 Å². The summed E-state index contributed by atoms with van der Waals surface area (Å²) in [7, 11) is -3.75. The number of benzene rings is 2. The summed E-state index contributed by atoms with van der Waals surface area (Å²) in [5.41, 5.74) is 1.39. The zero-order valence-electron chi connectivity index (χ0n) is 14.2. The van der Waals surface area contributed by atoms with Gasteiger partial charge in [0, 0.05) is 19.2 Å². The Morgan fingerprint density at radius 1 is 0.885 bits per heavy atom. The van der Waals surface area contributed by atoms with E-state index in [1.54, 1.807) is 12.1 Å². The Balaban J connectivity index is 1.62. The molecule has 1 fully saturated rings. The minimum atomic E-state index is -3.75. The fourth-order valence-electron chi connectivity index (χ4n) is 3.03. The molecule has 8 heteroatoms. The van der Waals surface area contributed by atoms with Crippen molar-refractivity contribution in [2.24, 2.45) is 0 Å². The highest BCUT2D eigenvalue weighted by molar-refractivity contribution is 7.92. The Labute approximate surface area is 152 Å². The summed E-state index contributed by atoms with van der Waals surface area (Å²) in [6.07, 6.45) is 0. The number of hydrogen-bond donors (Lipinski definition) is 1.